The lowest BCUT2D eigenvalue weighted by Crippen LogP contribution is -2.36. The monoisotopic (exact) mass is 564 g/mol. The van der Waals surface area contributed by atoms with Gasteiger partial charge in [0.25, 0.3) is 15.6 Å². The van der Waals surface area contributed by atoms with E-state index in [1.54, 1.807) is 0 Å². The van der Waals surface area contributed by atoms with Crippen molar-refractivity contribution in [2.24, 2.45) is 4.40 Å². The lowest BCUT2D eigenvalue weighted by atomic mass is 10.2. The average molecular weight is 565 g/mol. The van der Waals surface area contributed by atoms with Crippen molar-refractivity contribution in [3.8, 4) is 11.8 Å². The number of nitrogens with one attached hydrogen (secondary N) is 3. The second-order valence-corrected chi connectivity index (χ2v) is 12.3. The highest BCUT2D eigenvalue weighted by atomic mass is 32.2. The molecule has 1 aromatic carbocycles. The van der Waals surface area contributed by atoms with Gasteiger partial charge in [-0.15, -0.1) is 9.50 Å². The maximum Gasteiger partial charge on any atom is 0.286 e. The summed E-state index contributed by atoms with van der Waals surface area (Å²) in [5.41, 5.74) is 1.98. The minimum absolute atomic E-state index is 0.0149. The zero-order valence-electron chi connectivity index (χ0n) is 20.6. The molecule has 1 aromatic heterocycles. The van der Waals surface area contributed by atoms with Gasteiger partial charge in [0.2, 0.25) is 15.8 Å². The summed E-state index contributed by atoms with van der Waals surface area (Å²) < 4.78 is 56.3. The number of hydrogen-bond acceptors (Lipinski definition) is 11. The molecule has 0 unspecified atom stereocenters. The summed E-state index contributed by atoms with van der Waals surface area (Å²) in [5, 5.41) is 28.7. The zero-order chi connectivity index (χ0) is 27.5. The molecule has 4 N–H and O–H groups in total. The van der Waals surface area contributed by atoms with Crippen LogP contribution in [-0.4, -0.2) is 61.9 Å². The van der Waals surface area contributed by atoms with Crippen LogP contribution in [0.2, 0.25) is 0 Å². The number of aryl methyl sites for hydroxylation is 1. The van der Waals surface area contributed by atoms with Crippen molar-refractivity contribution in [1.29, 1.82) is 5.26 Å². The van der Waals surface area contributed by atoms with E-state index in [-0.39, 0.29) is 40.0 Å². The van der Waals surface area contributed by atoms with E-state index >= 15 is 0 Å². The number of fused-ring (bicyclic) bond motifs is 1. The van der Waals surface area contributed by atoms with Crippen LogP contribution in [0.25, 0.3) is 0 Å². The summed E-state index contributed by atoms with van der Waals surface area (Å²) >= 11 is 0. The number of hydrazine groups is 1. The van der Waals surface area contributed by atoms with Gasteiger partial charge in [0.05, 0.1) is 18.0 Å². The molecule has 0 aliphatic carbocycles. The van der Waals surface area contributed by atoms with Crippen LogP contribution in [0.4, 0.5) is 17.2 Å². The first-order chi connectivity index (χ1) is 18.0. The number of sulfonamides is 2. The molecular weight excluding hydrogens is 536 g/mol. The molecule has 204 valence electrons. The SMILES string of the molecule is CS(=O)(=O)Nc1ccc2c(c1)S(=O)(=O)N=C(c1c(O)c(NN3CCCC3)nn(CCCCCC#N)c1=O)N2. The number of aromatic nitrogens is 2. The Bertz CT molecular complexity index is 1570. The Balaban J connectivity index is 1.74. The molecule has 4 rings (SSSR count). The molecule has 0 spiro atoms. The van der Waals surface area contributed by atoms with Crippen LogP contribution < -0.4 is 21.0 Å². The average Bonchev–Trinajstić information content (AvgIpc) is 3.34. The maximum absolute atomic E-state index is 13.4. The second kappa shape index (κ2) is 11.0. The van der Waals surface area contributed by atoms with Gasteiger partial charge in [-0.1, -0.05) is 6.42 Å². The van der Waals surface area contributed by atoms with E-state index in [1.165, 1.54) is 12.1 Å². The van der Waals surface area contributed by atoms with Crippen molar-refractivity contribution >= 4 is 43.1 Å². The van der Waals surface area contributed by atoms with Crippen LogP contribution in [0.5, 0.6) is 5.75 Å². The van der Waals surface area contributed by atoms with Crippen molar-refractivity contribution in [3.05, 3.63) is 34.1 Å². The van der Waals surface area contributed by atoms with Gasteiger partial charge >= 0.3 is 0 Å². The molecule has 0 radical (unpaired) electrons. The third kappa shape index (κ3) is 6.23. The van der Waals surface area contributed by atoms with Crippen molar-refractivity contribution in [1.82, 2.24) is 14.8 Å². The normalized spacial score (nSPS) is 16.7. The number of nitrogens with zero attached hydrogens (tertiary/aromatic N) is 5. The first kappa shape index (κ1) is 27.4. The maximum atomic E-state index is 13.4. The second-order valence-electron chi connectivity index (χ2n) is 9.00. The number of aromatic hydroxyl groups is 1. The van der Waals surface area contributed by atoms with E-state index in [0.717, 1.165) is 29.8 Å². The van der Waals surface area contributed by atoms with E-state index < -0.39 is 31.4 Å². The summed E-state index contributed by atoms with van der Waals surface area (Å²) in [5.74, 6) is -0.948. The number of rotatable bonds is 10. The number of nitriles is 1. The Morgan fingerprint density at radius 2 is 1.95 bits per heavy atom. The first-order valence-corrected chi connectivity index (χ1v) is 15.3. The Kier molecular flexibility index (Phi) is 7.90. The van der Waals surface area contributed by atoms with E-state index in [1.807, 2.05) is 5.01 Å². The van der Waals surface area contributed by atoms with Gasteiger partial charge in [-0.25, -0.2) is 18.1 Å². The highest BCUT2D eigenvalue weighted by Gasteiger charge is 2.31. The van der Waals surface area contributed by atoms with Crippen LogP contribution >= 0.6 is 0 Å². The molecule has 2 aromatic rings. The van der Waals surface area contributed by atoms with E-state index in [0.29, 0.717) is 38.8 Å². The minimum Gasteiger partial charge on any atom is -0.504 e. The summed E-state index contributed by atoms with van der Waals surface area (Å²) in [4.78, 5) is 13.1. The molecule has 38 heavy (non-hydrogen) atoms. The lowest BCUT2D eigenvalue weighted by Gasteiger charge is -2.22. The molecule has 0 saturated carbocycles. The predicted octanol–water partition coefficient (Wildman–Crippen LogP) is 1.39. The Labute approximate surface area is 220 Å². The summed E-state index contributed by atoms with van der Waals surface area (Å²) in [7, 11) is -8.03. The van der Waals surface area contributed by atoms with E-state index in [2.05, 4.69) is 31.0 Å². The van der Waals surface area contributed by atoms with Gasteiger partial charge in [0, 0.05) is 31.7 Å². The van der Waals surface area contributed by atoms with Gasteiger partial charge in [-0.05, 0) is 43.9 Å². The Morgan fingerprint density at radius 1 is 1.21 bits per heavy atom. The number of benzene rings is 1. The molecule has 14 nitrogen and oxygen atoms in total. The molecule has 2 aliphatic heterocycles. The van der Waals surface area contributed by atoms with Crippen molar-refractivity contribution in [2.75, 3.05) is 34.8 Å². The molecule has 1 saturated heterocycles. The summed E-state index contributed by atoms with van der Waals surface area (Å²) in [6, 6.07) is 5.88. The molecule has 0 atom stereocenters. The number of hydrogen-bond donors (Lipinski definition) is 4. The Hall–Kier alpha value is -3.68. The lowest BCUT2D eigenvalue weighted by molar-refractivity contribution is 0.392. The first-order valence-electron chi connectivity index (χ1n) is 12.0. The highest BCUT2D eigenvalue weighted by molar-refractivity contribution is 7.92. The van der Waals surface area contributed by atoms with Crippen LogP contribution in [0.15, 0.2) is 32.3 Å². The number of amidine groups is 1. The fourth-order valence-electron chi connectivity index (χ4n) is 4.17. The van der Waals surface area contributed by atoms with Crippen LogP contribution in [0.3, 0.4) is 0 Å². The topological polar surface area (TPSA) is 199 Å². The standard InChI is InChI=1S/C22H28N8O6S2/c1-37(33,34)27-15-8-9-16-17(14-15)38(35,36)28-20(24-16)18-19(31)21(25-29-11-6-7-12-29)26-30(22(18)32)13-5-3-2-4-10-23/h8-9,14,27,31H,2-7,11-13H2,1H3,(H,24,28)(H,25,26). The fourth-order valence-corrected chi connectivity index (χ4v) is 5.87. The van der Waals surface area contributed by atoms with Crippen molar-refractivity contribution in [2.45, 2.75) is 50.0 Å². The van der Waals surface area contributed by atoms with Crippen molar-refractivity contribution in [3.63, 3.8) is 0 Å². The minimum atomic E-state index is -4.38. The van der Waals surface area contributed by atoms with Gasteiger partial charge < -0.3 is 10.4 Å². The van der Waals surface area contributed by atoms with Crippen LogP contribution in [0, 0.1) is 11.3 Å². The summed E-state index contributed by atoms with van der Waals surface area (Å²) in [6.45, 7) is 1.59. The van der Waals surface area contributed by atoms with Crippen LogP contribution in [-0.2, 0) is 26.6 Å². The van der Waals surface area contributed by atoms with Gasteiger partial charge in [-0.2, -0.15) is 13.7 Å². The van der Waals surface area contributed by atoms with Gasteiger partial charge in [0.15, 0.2) is 11.6 Å². The fraction of sp³-hybridized carbons (Fsp3) is 0.455. The van der Waals surface area contributed by atoms with E-state index in [4.69, 9.17) is 5.26 Å². The molecule has 0 bridgehead atoms. The third-order valence-corrected chi connectivity index (χ3v) is 7.85. The quantitative estimate of drug-likeness (QED) is 0.304. The largest absolute Gasteiger partial charge is 0.504 e. The molecule has 1 fully saturated rings. The van der Waals surface area contributed by atoms with Gasteiger partial charge in [-0.3, -0.25) is 14.9 Å². The number of unbranched alkanes of at least 4 members (excludes halogenated alkanes) is 3. The molecule has 0 amide bonds. The molecular formula is C22H28N8O6S2. The third-order valence-electron chi connectivity index (χ3n) is 5.92. The molecule has 2 aliphatic rings. The van der Waals surface area contributed by atoms with Crippen LogP contribution in [0.1, 0.15) is 44.1 Å². The number of anilines is 3. The smallest absolute Gasteiger partial charge is 0.286 e. The molecule has 16 heteroatoms. The zero-order valence-corrected chi connectivity index (χ0v) is 22.3. The van der Waals surface area contributed by atoms with Gasteiger partial charge in [0.1, 0.15) is 10.5 Å². The van der Waals surface area contributed by atoms with Crippen molar-refractivity contribution < 1.29 is 21.9 Å². The van der Waals surface area contributed by atoms with E-state index in [9.17, 15) is 26.7 Å². The predicted molar refractivity (Wildman–Crippen MR) is 141 cm³/mol. The summed E-state index contributed by atoms with van der Waals surface area (Å²) in [6.07, 6.45) is 5.09. The molecule has 3 heterocycles. The highest BCUT2D eigenvalue weighted by Crippen LogP contribution is 2.33. The Morgan fingerprint density at radius 3 is 2.63 bits per heavy atom.